The van der Waals surface area contributed by atoms with Crippen LogP contribution in [-0.4, -0.2) is 37.4 Å². The predicted octanol–water partition coefficient (Wildman–Crippen LogP) is 3.43. The fourth-order valence-corrected chi connectivity index (χ4v) is 2.43. The van der Waals surface area contributed by atoms with Crippen LogP contribution in [0.15, 0.2) is 30.3 Å². The molecule has 0 aliphatic heterocycles. The SMILES string of the molecule is COCC(NC(=O)C(NC(=O)OC(C)(C)C)C(C)(C)C)c1ccccc1. The van der Waals surface area contributed by atoms with Gasteiger partial charge in [-0.05, 0) is 31.7 Å². The van der Waals surface area contributed by atoms with Crippen LogP contribution >= 0.6 is 0 Å². The second-order valence-electron chi connectivity index (χ2n) is 8.37. The van der Waals surface area contributed by atoms with Gasteiger partial charge in [-0.2, -0.15) is 0 Å². The molecule has 0 aliphatic rings. The van der Waals surface area contributed by atoms with Crippen molar-refractivity contribution < 1.29 is 19.1 Å². The average molecular weight is 364 g/mol. The third-order valence-electron chi connectivity index (χ3n) is 3.64. The van der Waals surface area contributed by atoms with Gasteiger partial charge in [0.05, 0.1) is 12.6 Å². The zero-order valence-electron chi connectivity index (χ0n) is 16.9. The van der Waals surface area contributed by atoms with E-state index in [4.69, 9.17) is 9.47 Å². The minimum absolute atomic E-state index is 0.283. The quantitative estimate of drug-likeness (QED) is 0.811. The molecule has 1 rings (SSSR count). The maximum Gasteiger partial charge on any atom is 0.408 e. The number of rotatable bonds is 6. The van der Waals surface area contributed by atoms with Gasteiger partial charge in [-0.3, -0.25) is 4.79 Å². The van der Waals surface area contributed by atoms with Gasteiger partial charge < -0.3 is 20.1 Å². The summed E-state index contributed by atoms with van der Waals surface area (Å²) >= 11 is 0. The first-order chi connectivity index (χ1) is 11.9. The van der Waals surface area contributed by atoms with E-state index < -0.39 is 23.2 Å². The predicted molar refractivity (Wildman–Crippen MR) is 102 cm³/mol. The van der Waals surface area contributed by atoms with E-state index in [-0.39, 0.29) is 11.9 Å². The highest BCUT2D eigenvalue weighted by molar-refractivity contribution is 5.86. The molecular formula is C20H32N2O4. The number of hydrogen-bond donors (Lipinski definition) is 2. The topological polar surface area (TPSA) is 76.7 Å². The first kappa shape index (κ1) is 22.0. The molecule has 2 atom stereocenters. The van der Waals surface area contributed by atoms with E-state index in [2.05, 4.69) is 10.6 Å². The van der Waals surface area contributed by atoms with Gasteiger partial charge in [0.1, 0.15) is 11.6 Å². The molecule has 0 spiro atoms. The molecule has 146 valence electrons. The fourth-order valence-electron chi connectivity index (χ4n) is 2.43. The maximum atomic E-state index is 12.9. The Hall–Kier alpha value is -2.08. The summed E-state index contributed by atoms with van der Waals surface area (Å²) in [5, 5.41) is 5.67. The standard InChI is InChI=1S/C20H32N2O4/c1-19(2,3)16(22-18(24)26-20(4,5)6)17(23)21-15(13-25-7)14-11-9-8-10-12-14/h8-12,15-16H,13H2,1-7H3,(H,21,23)(H,22,24). The van der Waals surface area contributed by atoms with Crippen molar-refractivity contribution in [1.29, 1.82) is 0 Å². The Bertz CT molecular complexity index is 588. The molecule has 1 aromatic carbocycles. The Kier molecular flexibility index (Phi) is 7.63. The molecule has 0 bridgehead atoms. The van der Waals surface area contributed by atoms with Crippen LogP contribution in [-0.2, 0) is 14.3 Å². The molecular weight excluding hydrogens is 332 g/mol. The minimum atomic E-state index is -0.750. The van der Waals surface area contributed by atoms with Gasteiger partial charge in [-0.1, -0.05) is 51.1 Å². The van der Waals surface area contributed by atoms with Gasteiger partial charge in [-0.25, -0.2) is 4.79 Å². The summed E-state index contributed by atoms with van der Waals surface area (Å²) in [5.74, 6) is -0.283. The zero-order chi connectivity index (χ0) is 20.0. The van der Waals surface area contributed by atoms with Crippen LogP contribution in [0.3, 0.4) is 0 Å². The molecule has 2 amide bonds. The Morgan fingerprint density at radius 2 is 1.58 bits per heavy atom. The lowest BCUT2D eigenvalue weighted by Crippen LogP contribution is -2.55. The number of carbonyl (C=O) groups is 2. The van der Waals surface area contributed by atoms with E-state index >= 15 is 0 Å². The number of carbonyl (C=O) groups excluding carboxylic acids is 2. The summed E-state index contributed by atoms with van der Waals surface area (Å²) in [7, 11) is 1.59. The van der Waals surface area contributed by atoms with E-state index in [1.807, 2.05) is 51.1 Å². The van der Waals surface area contributed by atoms with Crippen molar-refractivity contribution >= 4 is 12.0 Å². The van der Waals surface area contributed by atoms with Crippen molar-refractivity contribution in [2.75, 3.05) is 13.7 Å². The van der Waals surface area contributed by atoms with Crippen LogP contribution in [0, 0.1) is 5.41 Å². The third kappa shape index (κ3) is 7.44. The zero-order valence-corrected chi connectivity index (χ0v) is 16.9. The first-order valence-electron chi connectivity index (χ1n) is 8.78. The molecule has 0 saturated carbocycles. The molecule has 2 unspecified atom stereocenters. The second-order valence-corrected chi connectivity index (χ2v) is 8.37. The lowest BCUT2D eigenvalue weighted by molar-refractivity contribution is -0.126. The molecule has 0 heterocycles. The van der Waals surface area contributed by atoms with Gasteiger partial charge in [0.15, 0.2) is 0 Å². The van der Waals surface area contributed by atoms with E-state index in [1.165, 1.54) is 0 Å². The number of alkyl carbamates (subject to hydrolysis) is 1. The van der Waals surface area contributed by atoms with Crippen LogP contribution in [0.2, 0.25) is 0 Å². The van der Waals surface area contributed by atoms with Gasteiger partial charge in [-0.15, -0.1) is 0 Å². The van der Waals surface area contributed by atoms with Crippen LogP contribution in [0.5, 0.6) is 0 Å². The van der Waals surface area contributed by atoms with E-state index in [9.17, 15) is 9.59 Å². The highest BCUT2D eigenvalue weighted by Crippen LogP contribution is 2.22. The Morgan fingerprint density at radius 3 is 2.04 bits per heavy atom. The van der Waals surface area contributed by atoms with Crippen LogP contribution in [0.1, 0.15) is 53.1 Å². The van der Waals surface area contributed by atoms with Gasteiger partial charge in [0, 0.05) is 7.11 Å². The van der Waals surface area contributed by atoms with Gasteiger partial charge in [0.2, 0.25) is 5.91 Å². The largest absolute Gasteiger partial charge is 0.444 e. The van der Waals surface area contributed by atoms with E-state index in [0.29, 0.717) is 6.61 Å². The third-order valence-corrected chi connectivity index (χ3v) is 3.64. The van der Waals surface area contributed by atoms with Crippen molar-refractivity contribution in [3.8, 4) is 0 Å². The highest BCUT2D eigenvalue weighted by atomic mass is 16.6. The monoisotopic (exact) mass is 364 g/mol. The molecule has 0 aliphatic carbocycles. The van der Waals surface area contributed by atoms with Crippen molar-refractivity contribution in [2.45, 2.75) is 59.2 Å². The fraction of sp³-hybridized carbons (Fsp3) is 0.600. The van der Waals surface area contributed by atoms with Crippen molar-refractivity contribution in [3.63, 3.8) is 0 Å². The lowest BCUT2D eigenvalue weighted by atomic mass is 9.86. The molecule has 0 radical (unpaired) electrons. The summed E-state index contributed by atoms with van der Waals surface area (Å²) in [4.78, 5) is 25.1. The summed E-state index contributed by atoms with van der Waals surface area (Å²) in [6, 6.07) is 8.53. The smallest absolute Gasteiger partial charge is 0.408 e. The highest BCUT2D eigenvalue weighted by Gasteiger charge is 2.35. The summed E-state index contributed by atoms with van der Waals surface area (Å²) < 4.78 is 10.5. The van der Waals surface area contributed by atoms with E-state index in [0.717, 1.165) is 5.56 Å². The molecule has 0 aromatic heterocycles. The molecule has 2 N–H and O–H groups in total. The number of methoxy groups -OCH3 is 1. The van der Waals surface area contributed by atoms with Crippen molar-refractivity contribution in [2.24, 2.45) is 5.41 Å². The minimum Gasteiger partial charge on any atom is -0.444 e. The number of amides is 2. The number of hydrogen-bond acceptors (Lipinski definition) is 4. The van der Waals surface area contributed by atoms with Gasteiger partial charge in [0.25, 0.3) is 0 Å². The molecule has 26 heavy (non-hydrogen) atoms. The Labute approximate surface area is 156 Å². The molecule has 1 aromatic rings. The normalized spacial score (nSPS) is 14.3. The summed E-state index contributed by atoms with van der Waals surface area (Å²) in [6.45, 7) is 11.3. The summed E-state index contributed by atoms with van der Waals surface area (Å²) in [5.41, 5.74) is -0.186. The molecule has 6 heteroatoms. The van der Waals surface area contributed by atoms with Crippen molar-refractivity contribution in [1.82, 2.24) is 10.6 Å². The van der Waals surface area contributed by atoms with Crippen LogP contribution in [0.4, 0.5) is 4.79 Å². The molecule has 6 nitrogen and oxygen atoms in total. The van der Waals surface area contributed by atoms with Crippen LogP contribution < -0.4 is 10.6 Å². The first-order valence-corrected chi connectivity index (χ1v) is 8.78. The summed E-state index contributed by atoms with van der Waals surface area (Å²) in [6.07, 6.45) is -0.615. The Morgan fingerprint density at radius 1 is 1.00 bits per heavy atom. The number of nitrogens with one attached hydrogen (secondary N) is 2. The maximum absolute atomic E-state index is 12.9. The molecule has 0 saturated heterocycles. The Balaban J connectivity index is 2.92. The molecule has 0 fully saturated rings. The van der Waals surface area contributed by atoms with Gasteiger partial charge >= 0.3 is 6.09 Å². The van der Waals surface area contributed by atoms with Crippen LogP contribution in [0.25, 0.3) is 0 Å². The average Bonchev–Trinajstić information content (AvgIpc) is 2.50. The van der Waals surface area contributed by atoms with E-state index in [1.54, 1.807) is 27.9 Å². The number of ether oxygens (including phenoxy) is 2. The number of benzene rings is 1. The second kappa shape index (κ2) is 9.03. The lowest BCUT2D eigenvalue weighted by Gasteiger charge is -2.32. The van der Waals surface area contributed by atoms with Crippen molar-refractivity contribution in [3.05, 3.63) is 35.9 Å².